The van der Waals surface area contributed by atoms with Crippen molar-refractivity contribution in [2.75, 3.05) is 12.8 Å². The van der Waals surface area contributed by atoms with E-state index in [0.29, 0.717) is 4.75 Å². The largest absolute Gasteiger partial charge is 0.310 e. The molecule has 0 saturated carbocycles. The second kappa shape index (κ2) is 7.09. The molecule has 1 heterocycles. The van der Waals surface area contributed by atoms with Gasteiger partial charge in [-0.25, -0.2) is 4.98 Å². The minimum atomic E-state index is 0.165. The fourth-order valence-corrected chi connectivity index (χ4v) is 3.77. The minimum absolute atomic E-state index is 0.165. The van der Waals surface area contributed by atoms with Crippen LogP contribution in [0.3, 0.4) is 0 Å². The second-order valence-electron chi connectivity index (χ2n) is 6.08. The predicted molar refractivity (Wildman–Crippen MR) is 89.3 cm³/mol. The van der Waals surface area contributed by atoms with Crippen LogP contribution in [0.25, 0.3) is 0 Å². The molecule has 0 spiro atoms. The lowest BCUT2D eigenvalue weighted by molar-refractivity contribution is 0.496. The molecule has 0 unspecified atom stereocenters. The summed E-state index contributed by atoms with van der Waals surface area (Å²) < 4.78 is 0.386. The van der Waals surface area contributed by atoms with Gasteiger partial charge < -0.3 is 5.32 Å². The van der Waals surface area contributed by atoms with E-state index in [2.05, 4.69) is 51.2 Å². The number of rotatable bonds is 7. The standard InChI is InChI=1S/C15H28N2S2/c1-7-15(8-2,18-6)11-16-9-12-10-17-13(19-12)14(3,4)5/h10,16H,7-9,11H2,1-6H3. The number of hydrogen-bond donors (Lipinski definition) is 1. The van der Waals surface area contributed by atoms with Gasteiger partial charge in [-0.05, 0) is 19.1 Å². The monoisotopic (exact) mass is 300 g/mol. The van der Waals surface area contributed by atoms with Gasteiger partial charge in [-0.1, -0.05) is 34.6 Å². The van der Waals surface area contributed by atoms with Crippen molar-refractivity contribution in [1.29, 1.82) is 0 Å². The van der Waals surface area contributed by atoms with E-state index in [1.807, 2.05) is 29.3 Å². The van der Waals surface area contributed by atoms with Crippen molar-refractivity contribution in [3.8, 4) is 0 Å². The topological polar surface area (TPSA) is 24.9 Å². The van der Waals surface area contributed by atoms with E-state index in [-0.39, 0.29) is 5.41 Å². The van der Waals surface area contributed by atoms with Crippen LogP contribution in [-0.4, -0.2) is 22.5 Å². The van der Waals surface area contributed by atoms with E-state index < -0.39 is 0 Å². The maximum absolute atomic E-state index is 4.54. The van der Waals surface area contributed by atoms with Gasteiger partial charge in [-0.3, -0.25) is 0 Å². The van der Waals surface area contributed by atoms with Gasteiger partial charge in [0.05, 0.1) is 5.01 Å². The van der Waals surface area contributed by atoms with Gasteiger partial charge in [-0.15, -0.1) is 11.3 Å². The molecular weight excluding hydrogens is 272 g/mol. The van der Waals surface area contributed by atoms with E-state index >= 15 is 0 Å². The van der Waals surface area contributed by atoms with Crippen LogP contribution in [0.4, 0.5) is 0 Å². The van der Waals surface area contributed by atoms with Crippen LogP contribution in [0.5, 0.6) is 0 Å². The quantitative estimate of drug-likeness (QED) is 0.805. The molecule has 1 N–H and O–H groups in total. The van der Waals surface area contributed by atoms with Gasteiger partial charge in [0, 0.05) is 34.3 Å². The summed E-state index contributed by atoms with van der Waals surface area (Å²) in [5.74, 6) is 0. The first-order valence-corrected chi connectivity index (χ1v) is 9.12. The average molecular weight is 301 g/mol. The van der Waals surface area contributed by atoms with Crippen LogP contribution in [0.1, 0.15) is 57.3 Å². The first kappa shape index (κ1) is 17.0. The Hall–Kier alpha value is -0.0600. The molecule has 4 heteroatoms. The minimum Gasteiger partial charge on any atom is -0.310 e. The first-order chi connectivity index (χ1) is 8.87. The van der Waals surface area contributed by atoms with Crippen LogP contribution in [0.15, 0.2) is 6.20 Å². The molecule has 0 aliphatic carbocycles. The highest BCUT2D eigenvalue weighted by Crippen LogP contribution is 2.30. The molecule has 0 atom stereocenters. The lowest BCUT2D eigenvalue weighted by atomic mass is 9.98. The highest BCUT2D eigenvalue weighted by atomic mass is 32.2. The summed E-state index contributed by atoms with van der Waals surface area (Å²) in [5.41, 5.74) is 0.165. The Morgan fingerprint density at radius 2 is 1.89 bits per heavy atom. The van der Waals surface area contributed by atoms with Crippen LogP contribution >= 0.6 is 23.1 Å². The summed E-state index contributed by atoms with van der Waals surface area (Å²) in [6, 6.07) is 0. The van der Waals surface area contributed by atoms with Gasteiger partial charge >= 0.3 is 0 Å². The zero-order valence-corrected chi connectivity index (χ0v) is 14.8. The normalized spacial score (nSPS) is 12.9. The van der Waals surface area contributed by atoms with E-state index in [1.54, 1.807) is 0 Å². The maximum Gasteiger partial charge on any atom is 0.0981 e. The molecular formula is C15H28N2S2. The van der Waals surface area contributed by atoms with Crippen LogP contribution in [-0.2, 0) is 12.0 Å². The van der Waals surface area contributed by atoms with Crippen molar-refractivity contribution >= 4 is 23.1 Å². The summed E-state index contributed by atoms with van der Waals surface area (Å²) in [7, 11) is 0. The van der Waals surface area contributed by atoms with E-state index in [1.165, 1.54) is 22.7 Å². The van der Waals surface area contributed by atoms with Crippen molar-refractivity contribution in [1.82, 2.24) is 10.3 Å². The predicted octanol–water partition coefficient (Wildman–Crippen LogP) is 4.45. The van der Waals surface area contributed by atoms with Gasteiger partial charge in [0.25, 0.3) is 0 Å². The molecule has 0 aromatic carbocycles. The Morgan fingerprint density at radius 3 is 2.32 bits per heavy atom. The Kier molecular flexibility index (Phi) is 6.34. The van der Waals surface area contributed by atoms with Crippen molar-refractivity contribution < 1.29 is 0 Å². The zero-order valence-electron chi connectivity index (χ0n) is 13.2. The second-order valence-corrected chi connectivity index (χ2v) is 8.47. The molecule has 2 nitrogen and oxygen atoms in total. The lowest BCUT2D eigenvalue weighted by Crippen LogP contribution is -2.36. The molecule has 0 bridgehead atoms. The van der Waals surface area contributed by atoms with E-state index in [0.717, 1.165) is 13.1 Å². The Balaban J connectivity index is 2.51. The average Bonchev–Trinajstić information content (AvgIpc) is 2.84. The van der Waals surface area contributed by atoms with Gasteiger partial charge in [0.15, 0.2) is 0 Å². The summed E-state index contributed by atoms with van der Waals surface area (Å²) >= 11 is 3.82. The summed E-state index contributed by atoms with van der Waals surface area (Å²) in [4.78, 5) is 5.88. The SMILES string of the molecule is CCC(CC)(CNCc1cnc(C(C)(C)C)s1)SC. The molecule has 0 aliphatic heterocycles. The molecule has 1 aromatic rings. The van der Waals surface area contributed by atoms with Crippen molar-refractivity contribution in [3.63, 3.8) is 0 Å². The van der Waals surface area contributed by atoms with Crippen molar-refractivity contribution in [2.45, 2.75) is 64.2 Å². The first-order valence-electron chi connectivity index (χ1n) is 7.08. The van der Waals surface area contributed by atoms with Gasteiger partial charge in [0.2, 0.25) is 0 Å². The van der Waals surface area contributed by atoms with Crippen LogP contribution < -0.4 is 5.32 Å². The third kappa shape index (κ3) is 4.76. The number of hydrogen-bond acceptors (Lipinski definition) is 4. The van der Waals surface area contributed by atoms with E-state index in [4.69, 9.17) is 0 Å². The summed E-state index contributed by atoms with van der Waals surface area (Å²) in [6.45, 7) is 13.2. The lowest BCUT2D eigenvalue weighted by Gasteiger charge is -2.29. The van der Waals surface area contributed by atoms with Crippen LogP contribution in [0, 0.1) is 0 Å². The molecule has 0 saturated heterocycles. The molecule has 1 rings (SSSR count). The molecule has 1 aromatic heterocycles. The molecule has 0 radical (unpaired) electrons. The molecule has 0 fully saturated rings. The highest BCUT2D eigenvalue weighted by molar-refractivity contribution is 8.00. The number of nitrogens with zero attached hydrogens (tertiary/aromatic N) is 1. The Bertz CT molecular complexity index is 367. The fourth-order valence-electron chi connectivity index (χ4n) is 2.01. The third-order valence-corrected chi connectivity index (χ3v) is 6.67. The Labute approximate surface area is 126 Å². The van der Waals surface area contributed by atoms with Gasteiger partial charge in [0.1, 0.15) is 0 Å². The maximum atomic E-state index is 4.54. The molecule has 19 heavy (non-hydrogen) atoms. The molecule has 110 valence electrons. The molecule has 0 amide bonds. The zero-order chi connectivity index (χ0) is 14.5. The van der Waals surface area contributed by atoms with Crippen molar-refractivity contribution in [3.05, 3.63) is 16.1 Å². The summed E-state index contributed by atoms with van der Waals surface area (Å²) in [5, 5.41) is 4.84. The number of thioether (sulfide) groups is 1. The number of nitrogens with one attached hydrogen (secondary N) is 1. The smallest absolute Gasteiger partial charge is 0.0981 e. The summed E-state index contributed by atoms with van der Waals surface area (Å²) in [6.07, 6.45) is 6.68. The third-order valence-electron chi connectivity index (χ3n) is 3.66. The molecule has 0 aliphatic rings. The number of aromatic nitrogens is 1. The van der Waals surface area contributed by atoms with Crippen LogP contribution in [0.2, 0.25) is 0 Å². The fraction of sp³-hybridized carbons (Fsp3) is 0.800. The van der Waals surface area contributed by atoms with Crippen molar-refractivity contribution in [2.24, 2.45) is 0 Å². The Morgan fingerprint density at radius 1 is 1.26 bits per heavy atom. The van der Waals surface area contributed by atoms with Gasteiger partial charge in [-0.2, -0.15) is 11.8 Å². The number of thiazole rings is 1. The van der Waals surface area contributed by atoms with E-state index in [9.17, 15) is 0 Å². The highest BCUT2D eigenvalue weighted by Gasteiger charge is 2.24.